The number of aromatic amines is 1. The molecule has 4 N–H and O–H groups in total. The lowest BCUT2D eigenvalue weighted by atomic mass is 10.1. The maximum atomic E-state index is 11.9. The van der Waals surface area contributed by atoms with Crippen LogP contribution in [0.2, 0.25) is 0 Å². The second-order valence-corrected chi connectivity index (χ2v) is 7.06. The number of aromatic nitrogens is 2. The molecule has 1 aromatic carbocycles. The molecule has 2 rings (SSSR count). The van der Waals surface area contributed by atoms with Crippen LogP contribution in [0, 0.1) is 0 Å². The van der Waals surface area contributed by atoms with Crippen molar-refractivity contribution in [2.45, 2.75) is 31.6 Å². The number of amides is 1. The third-order valence-electron chi connectivity index (χ3n) is 3.25. The molecule has 0 saturated carbocycles. The predicted octanol–water partition coefficient (Wildman–Crippen LogP) is 2.21. The monoisotopic (exact) mass is 306 g/mol. The Bertz CT molecular complexity index is 590. The number of carbonyl (C=O) groups is 1. The number of fused-ring (bicyclic) bond motifs is 1. The first-order valence-corrected chi connectivity index (χ1v) is 8.03. The van der Waals surface area contributed by atoms with Gasteiger partial charge in [-0.15, -0.1) is 11.8 Å². The Morgan fingerprint density at radius 1 is 1.48 bits per heavy atom. The van der Waals surface area contributed by atoms with E-state index in [1.807, 2.05) is 45.0 Å². The Hall–Kier alpha value is -1.53. The Balaban J connectivity index is 1.92. The zero-order valence-electron chi connectivity index (χ0n) is 12.6. The Kier molecular flexibility index (Phi) is 4.90. The summed E-state index contributed by atoms with van der Waals surface area (Å²) in [6.07, 6.45) is 0. The van der Waals surface area contributed by atoms with Crippen molar-refractivity contribution < 1.29 is 4.79 Å². The highest BCUT2D eigenvalue weighted by molar-refractivity contribution is 8.00. The number of benzene rings is 1. The van der Waals surface area contributed by atoms with E-state index in [2.05, 4.69) is 15.3 Å². The van der Waals surface area contributed by atoms with Gasteiger partial charge in [0.1, 0.15) is 5.82 Å². The molecule has 1 heterocycles. The molecule has 1 unspecified atom stereocenters. The van der Waals surface area contributed by atoms with E-state index in [0.717, 1.165) is 16.9 Å². The quantitative estimate of drug-likeness (QED) is 0.764. The van der Waals surface area contributed by atoms with Gasteiger partial charge in [0.05, 0.1) is 22.0 Å². The number of thioether (sulfide) groups is 1. The number of nitrogens with two attached hydrogens (primary N) is 1. The SMILES string of the molecule is CC(SCC(=O)NC(C)(C)CN)c1nc2ccccc2[nH]1. The van der Waals surface area contributed by atoms with Crippen molar-refractivity contribution in [2.75, 3.05) is 12.3 Å². The molecular weight excluding hydrogens is 284 g/mol. The van der Waals surface area contributed by atoms with E-state index in [1.165, 1.54) is 0 Å². The third-order valence-corrected chi connectivity index (χ3v) is 4.40. The second kappa shape index (κ2) is 6.49. The topological polar surface area (TPSA) is 83.8 Å². The van der Waals surface area contributed by atoms with Crippen molar-refractivity contribution in [1.82, 2.24) is 15.3 Å². The molecule has 0 aliphatic carbocycles. The molecule has 2 aromatic rings. The summed E-state index contributed by atoms with van der Waals surface area (Å²) >= 11 is 1.56. The standard InChI is InChI=1S/C15H22N4OS/c1-10(21-8-13(20)19-15(2,3)9-16)14-17-11-6-4-5-7-12(11)18-14/h4-7,10H,8-9,16H2,1-3H3,(H,17,18)(H,19,20). The number of rotatable bonds is 6. The van der Waals surface area contributed by atoms with Gasteiger partial charge in [0.2, 0.25) is 5.91 Å². The van der Waals surface area contributed by atoms with Gasteiger partial charge in [-0.25, -0.2) is 4.98 Å². The molecular formula is C15H22N4OS. The molecule has 0 bridgehead atoms. The molecule has 0 spiro atoms. The molecule has 1 aromatic heterocycles. The summed E-state index contributed by atoms with van der Waals surface area (Å²) in [7, 11) is 0. The number of imidazole rings is 1. The van der Waals surface area contributed by atoms with Crippen LogP contribution in [0.25, 0.3) is 11.0 Å². The minimum absolute atomic E-state index is 0.00147. The van der Waals surface area contributed by atoms with Crippen molar-refractivity contribution in [1.29, 1.82) is 0 Å². The number of para-hydroxylation sites is 2. The molecule has 6 heteroatoms. The maximum absolute atomic E-state index is 11.9. The van der Waals surface area contributed by atoms with Crippen LogP contribution >= 0.6 is 11.8 Å². The molecule has 1 atom stereocenters. The summed E-state index contributed by atoms with van der Waals surface area (Å²) in [6.45, 7) is 6.29. The minimum Gasteiger partial charge on any atom is -0.349 e. The van der Waals surface area contributed by atoms with E-state index < -0.39 is 0 Å². The average molecular weight is 306 g/mol. The molecule has 114 valence electrons. The van der Waals surface area contributed by atoms with Crippen molar-refractivity contribution in [2.24, 2.45) is 5.73 Å². The van der Waals surface area contributed by atoms with E-state index in [4.69, 9.17) is 5.73 Å². The van der Waals surface area contributed by atoms with E-state index in [-0.39, 0.29) is 16.7 Å². The Morgan fingerprint density at radius 2 is 2.19 bits per heavy atom. The lowest BCUT2D eigenvalue weighted by Crippen LogP contribution is -2.49. The molecule has 0 saturated heterocycles. The zero-order chi connectivity index (χ0) is 15.5. The van der Waals surface area contributed by atoms with Crippen LogP contribution < -0.4 is 11.1 Å². The van der Waals surface area contributed by atoms with E-state index in [9.17, 15) is 4.79 Å². The fourth-order valence-corrected chi connectivity index (χ4v) is 2.65. The molecule has 21 heavy (non-hydrogen) atoms. The van der Waals surface area contributed by atoms with Crippen molar-refractivity contribution >= 4 is 28.7 Å². The number of hydrogen-bond donors (Lipinski definition) is 3. The highest BCUT2D eigenvalue weighted by Crippen LogP contribution is 2.27. The van der Waals surface area contributed by atoms with Gasteiger partial charge in [0, 0.05) is 12.1 Å². The largest absolute Gasteiger partial charge is 0.349 e. The molecule has 0 aliphatic heterocycles. The Labute approximate surface area is 129 Å². The lowest BCUT2D eigenvalue weighted by molar-refractivity contribution is -0.120. The van der Waals surface area contributed by atoms with Crippen LogP contribution in [0.15, 0.2) is 24.3 Å². The maximum Gasteiger partial charge on any atom is 0.230 e. The van der Waals surface area contributed by atoms with Crippen LogP contribution in [-0.4, -0.2) is 33.7 Å². The van der Waals surface area contributed by atoms with Gasteiger partial charge in [-0.2, -0.15) is 0 Å². The predicted molar refractivity (Wildman–Crippen MR) is 88.2 cm³/mol. The highest BCUT2D eigenvalue weighted by Gasteiger charge is 2.19. The fourth-order valence-electron chi connectivity index (χ4n) is 1.91. The number of hydrogen-bond acceptors (Lipinski definition) is 4. The number of carbonyl (C=O) groups excluding carboxylic acids is 1. The first kappa shape index (κ1) is 15.9. The molecule has 0 radical (unpaired) electrons. The van der Waals surface area contributed by atoms with E-state index >= 15 is 0 Å². The van der Waals surface area contributed by atoms with Gasteiger partial charge in [0.25, 0.3) is 0 Å². The van der Waals surface area contributed by atoms with E-state index in [0.29, 0.717) is 12.3 Å². The van der Waals surface area contributed by atoms with Gasteiger partial charge in [-0.3, -0.25) is 4.79 Å². The number of nitrogens with one attached hydrogen (secondary N) is 2. The fraction of sp³-hybridized carbons (Fsp3) is 0.467. The molecule has 5 nitrogen and oxygen atoms in total. The summed E-state index contributed by atoms with van der Waals surface area (Å²) < 4.78 is 0. The van der Waals surface area contributed by atoms with Crippen LogP contribution in [0.5, 0.6) is 0 Å². The van der Waals surface area contributed by atoms with Gasteiger partial charge in [-0.1, -0.05) is 12.1 Å². The minimum atomic E-state index is -0.361. The van der Waals surface area contributed by atoms with Gasteiger partial charge < -0.3 is 16.0 Å². The smallest absolute Gasteiger partial charge is 0.230 e. The number of nitrogens with zero attached hydrogens (tertiary/aromatic N) is 1. The van der Waals surface area contributed by atoms with Crippen molar-refractivity contribution in [3.63, 3.8) is 0 Å². The molecule has 0 aliphatic rings. The summed E-state index contributed by atoms with van der Waals surface area (Å²) in [5.74, 6) is 1.28. The summed E-state index contributed by atoms with van der Waals surface area (Å²) in [4.78, 5) is 19.8. The number of H-pyrrole nitrogens is 1. The third kappa shape index (κ3) is 4.22. The summed E-state index contributed by atoms with van der Waals surface area (Å²) in [5, 5.41) is 3.05. The van der Waals surface area contributed by atoms with Crippen LogP contribution in [0.4, 0.5) is 0 Å². The van der Waals surface area contributed by atoms with Crippen molar-refractivity contribution in [3.8, 4) is 0 Å². The normalized spacial score (nSPS) is 13.3. The van der Waals surface area contributed by atoms with Crippen LogP contribution in [0.1, 0.15) is 31.8 Å². The molecule has 1 amide bonds. The average Bonchev–Trinajstić information content (AvgIpc) is 2.88. The van der Waals surface area contributed by atoms with Gasteiger partial charge in [-0.05, 0) is 32.9 Å². The first-order valence-electron chi connectivity index (χ1n) is 6.98. The van der Waals surface area contributed by atoms with E-state index in [1.54, 1.807) is 11.8 Å². The second-order valence-electron chi connectivity index (χ2n) is 5.73. The zero-order valence-corrected chi connectivity index (χ0v) is 13.5. The lowest BCUT2D eigenvalue weighted by Gasteiger charge is -2.24. The van der Waals surface area contributed by atoms with Gasteiger partial charge >= 0.3 is 0 Å². The van der Waals surface area contributed by atoms with Crippen LogP contribution in [0.3, 0.4) is 0 Å². The summed E-state index contributed by atoms with van der Waals surface area (Å²) in [6, 6.07) is 7.92. The summed E-state index contributed by atoms with van der Waals surface area (Å²) in [5.41, 5.74) is 7.22. The van der Waals surface area contributed by atoms with Crippen molar-refractivity contribution in [3.05, 3.63) is 30.1 Å². The highest BCUT2D eigenvalue weighted by atomic mass is 32.2. The van der Waals surface area contributed by atoms with Crippen LogP contribution in [-0.2, 0) is 4.79 Å². The molecule has 0 fully saturated rings. The Morgan fingerprint density at radius 3 is 2.86 bits per heavy atom. The first-order chi connectivity index (χ1) is 9.91. The van der Waals surface area contributed by atoms with Gasteiger partial charge in [0.15, 0.2) is 0 Å².